The van der Waals surface area contributed by atoms with Crippen LogP contribution in [-0.4, -0.2) is 41.1 Å². The lowest BCUT2D eigenvalue weighted by Gasteiger charge is -2.07. The molecule has 4 aromatic rings. The minimum Gasteiger partial charge on any atom is -0.493 e. The van der Waals surface area contributed by atoms with Crippen molar-refractivity contribution in [3.63, 3.8) is 0 Å². The summed E-state index contributed by atoms with van der Waals surface area (Å²) in [6, 6.07) is 12.6. The van der Waals surface area contributed by atoms with Crippen molar-refractivity contribution in [2.45, 2.75) is 0 Å². The first kappa shape index (κ1) is 18.6. The molecule has 0 spiro atoms. The van der Waals surface area contributed by atoms with Gasteiger partial charge in [-0.2, -0.15) is 0 Å². The van der Waals surface area contributed by atoms with Crippen LogP contribution in [0.25, 0.3) is 21.5 Å². The first-order chi connectivity index (χ1) is 14.1. The lowest BCUT2D eigenvalue weighted by Crippen LogP contribution is -2.22. The molecule has 0 aliphatic heterocycles. The molecule has 0 aliphatic carbocycles. The van der Waals surface area contributed by atoms with Gasteiger partial charge in [0, 0.05) is 22.7 Å². The molecular formula is C20H16N4O4S. The van der Waals surface area contributed by atoms with Crippen molar-refractivity contribution in [2.75, 3.05) is 19.5 Å². The molecule has 2 N–H and O–H groups in total. The minimum absolute atomic E-state index is 0.230. The number of fused-ring (bicyclic) bond motifs is 1. The number of aromatic amines is 1. The first-order valence-corrected chi connectivity index (χ1v) is 9.40. The predicted molar refractivity (Wildman–Crippen MR) is 110 cm³/mol. The van der Waals surface area contributed by atoms with Crippen LogP contribution in [0.2, 0.25) is 0 Å². The zero-order valence-electron chi connectivity index (χ0n) is 15.6. The number of Topliss-reactive ketones (excluding diaryl/α,β-unsaturated/α-hetero) is 1. The van der Waals surface area contributed by atoms with Gasteiger partial charge in [-0.15, -0.1) is 10.2 Å². The van der Waals surface area contributed by atoms with Crippen LogP contribution in [0.1, 0.15) is 10.4 Å². The number of carbonyl (C=O) groups is 2. The van der Waals surface area contributed by atoms with Gasteiger partial charge in [0.05, 0.1) is 19.8 Å². The van der Waals surface area contributed by atoms with Crippen LogP contribution in [-0.2, 0) is 4.79 Å². The molecule has 4 rings (SSSR count). The Bertz CT molecular complexity index is 1210. The number of nitrogens with zero attached hydrogens (tertiary/aromatic N) is 2. The fourth-order valence-corrected chi connectivity index (χ4v) is 3.63. The topological polar surface area (TPSA) is 106 Å². The van der Waals surface area contributed by atoms with Gasteiger partial charge in [0.25, 0.3) is 11.7 Å². The molecule has 0 saturated heterocycles. The molecule has 2 heterocycles. The standard InChI is InChI=1S/C20H16N4O4S/c1-27-15-8-7-11(9-16(15)28-2)19-23-24-20(29-19)22-18(26)17(25)13-10-21-14-6-4-3-5-12(13)14/h3-10,21H,1-2H3,(H,22,24,26). The highest BCUT2D eigenvalue weighted by Gasteiger charge is 2.21. The van der Waals surface area contributed by atoms with E-state index < -0.39 is 11.7 Å². The van der Waals surface area contributed by atoms with Gasteiger partial charge in [-0.25, -0.2) is 0 Å². The summed E-state index contributed by atoms with van der Waals surface area (Å²) in [7, 11) is 3.10. The molecule has 0 aliphatic rings. The second-order valence-electron chi connectivity index (χ2n) is 6.01. The summed E-state index contributed by atoms with van der Waals surface area (Å²) < 4.78 is 10.5. The fraction of sp³-hybridized carbons (Fsp3) is 0.100. The number of nitrogens with one attached hydrogen (secondary N) is 2. The van der Waals surface area contributed by atoms with Gasteiger partial charge in [-0.1, -0.05) is 29.5 Å². The van der Waals surface area contributed by atoms with E-state index >= 15 is 0 Å². The molecule has 2 aromatic carbocycles. The third kappa shape index (κ3) is 3.55. The molecule has 146 valence electrons. The number of ether oxygens (including phenoxy) is 2. The number of aromatic nitrogens is 3. The van der Waals surface area contributed by atoms with Gasteiger partial charge in [0.15, 0.2) is 11.5 Å². The lowest BCUT2D eigenvalue weighted by molar-refractivity contribution is -0.112. The Morgan fingerprint density at radius 2 is 1.83 bits per heavy atom. The summed E-state index contributed by atoms with van der Waals surface area (Å²) in [5.41, 5.74) is 1.85. The molecule has 0 atom stereocenters. The first-order valence-electron chi connectivity index (χ1n) is 8.58. The van der Waals surface area contributed by atoms with E-state index in [9.17, 15) is 9.59 Å². The summed E-state index contributed by atoms with van der Waals surface area (Å²) in [6.45, 7) is 0. The molecule has 9 heteroatoms. The largest absolute Gasteiger partial charge is 0.493 e. The van der Waals surface area contributed by atoms with Crippen LogP contribution in [0, 0.1) is 0 Å². The van der Waals surface area contributed by atoms with E-state index in [1.165, 1.54) is 6.20 Å². The lowest BCUT2D eigenvalue weighted by atomic mass is 10.1. The summed E-state index contributed by atoms with van der Waals surface area (Å²) >= 11 is 1.15. The third-order valence-corrected chi connectivity index (χ3v) is 5.20. The number of para-hydroxylation sites is 1. The van der Waals surface area contributed by atoms with Gasteiger partial charge < -0.3 is 14.5 Å². The SMILES string of the molecule is COc1ccc(-c2nnc(NC(=O)C(=O)c3c[nH]c4ccccc34)s2)cc1OC. The van der Waals surface area contributed by atoms with E-state index in [0.29, 0.717) is 27.5 Å². The Morgan fingerprint density at radius 3 is 2.62 bits per heavy atom. The number of carbonyl (C=O) groups excluding carboxylic acids is 2. The molecule has 0 radical (unpaired) electrons. The van der Waals surface area contributed by atoms with Crippen molar-refractivity contribution < 1.29 is 19.1 Å². The average Bonchev–Trinajstić information content (AvgIpc) is 3.39. The Hall–Kier alpha value is -3.72. The van der Waals surface area contributed by atoms with Crippen LogP contribution in [0.15, 0.2) is 48.7 Å². The molecule has 0 unspecified atom stereocenters. The maximum atomic E-state index is 12.5. The number of benzene rings is 2. The van der Waals surface area contributed by atoms with Crippen LogP contribution in [0.5, 0.6) is 11.5 Å². The molecule has 8 nitrogen and oxygen atoms in total. The van der Waals surface area contributed by atoms with Gasteiger partial charge >= 0.3 is 0 Å². The Morgan fingerprint density at radius 1 is 1.03 bits per heavy atom. The molecule has 2 aromatic heterocycles. The van der Waals surface area contributed by atoms with E-state index in [4.69, 9.17) is 9.47 Å². The van der Waals surface area contributed by atoms with E-state index in [1.807, 2.05) is 24.3 Å². The highest BCUT2D eigenvalue weighted by Crippen LogP contribution is 2.34. The van der Waals surface area contributed by atoms with E-state index in [0.717, 1.165) is 22.4 Å². The zero-order chi connectivity index (χ0) is 20.4. The number of ketones is 1. The van der Waals surface area contributed by atoms with Crippen molar-refractivity contribution in [3.8, 4) is 22.1 Å². The van der Waals surface area contributed by atoms with Crippen LogP contribution < -0.4 is 14.8 Å². The highest BCUT2D eigenvalue weighted by molar-refractivity contribution is 7.18. The Labute approximate surface area is 169 Å². The van der Waals surface area contributed by atoms with Crippen molar-refractivity contribution >= 4 is 39.1 Å². The van der Waals surface area contributed by atoms with Crippen LogP contribution in [0.4, 0.5) is 5.13 Å². The molecule has 0 fully saturated rings. The van der Waals surface area contributed by atoms with Gasteiger partial charge in [0.2, 0.25) is 5.13 Å². The van der Waals surface area contributed by atoms with E-state index in [1.54, 1.807) is 32.4 Å². The van der Waals surface area contributed by atoms with Crippen molar-refractivity contribution in [1.29, 1.82) is 0 Å². The Balaban J connectivity index is 1.53. The summed E-state index contributed by atoms with van der Waals surface area (Å²) in [5, 5.41) is 12.1. The zero-order valence-corrected chi connectivity index (χ0v) is 16.4. The Kier molecular flexibility index (Phi) is 4.96. The highest BCUT2D eigenvalue weighted by atomic mass is 32.1. The second-order valence-corrected chi connectivity index (χ2v) is 6.99. The van der Waals surface area contributed by atoms with Gasteiger partial charge in [-0.05, 0) is 24.3 Å². The van der Waals surface area contributed by atoms with Crippen molar-refractivity contribution in [3.05, 3.63) is 54.2 Å². The molecule has 0 bridgehead atoms. The summed E-state index contributed by atoms with van der Waals surface area (Å²) in [6.07, 6.45) is 1.53. The number of rotatable bonds is 6. The monoisotopic (exact) mass is 408 g/mol. The van der Waals surface area contributed by atoms with Crippen LogP contribution >= 0.6 is 11.3 Å². The number of amides is 1. The number of hydrogen-bond donors (Lipinski definition) is 2. The normalized spacial score (nSPS) is 10.7. The molecular weight excluding hydrogens is 392 g/mol. The second kappa shape index (κ2) is 7.72. The number of anilines is 1. The van der Waals surface area contributed by atoms with E-state index in [2.05, 4.69) is 20.5 Å². The van der Waals surface area contributed by atoms with E-state index in [-0.39, 0.29) is 5.13 Å². The number of methoxy groups -OCH3 is 2. The van der Waals surface area contributed by atoms with Crippen LogP contribution in [0.3, 0.4) is 0 Å². The number of H-pyrrole nitrogens is 1. The quantitative estimate of drug-likeness (QED) is 0.373. The van der Waals surface area contributed by atoms with Gasteiger partial charge in [0.1, 0.15) is 5.01 Å². The third-order valence-electron chi connectivity index (χ3n) is 4.32. The summed E-state index contributed by atoms with van der Waals surface area (Å²) in [4.78, 5) is 27.9. The average molecular weight is 408 g/mol. The maximum Gasteiger partial charge on any atom is 0.298 e. The molecule has 0 saturated carbocycles. The number of hydrogen-bond acceptors (Lipinski definition) is 7. The summed E-state index contributed by atoms with van der Waals surface area (Å²) in [5.74, 6) is -0.269. The van der Waals surface area contributed by atoms with Gasteiger partial charge in [-0.3, -0.25) is 14.9 Å². The predicted octanol–water partition coefficient (Wildman–Crippen LogP) is 3.53. The fourth-order valence-electron chi connectivity index (χ4n) is 2.90. The molecule has 1 amide bonds. The van der Waals surface area contributed by atoms with Crippen molar-refractivity contribution in [2.24, 2.45) is 0 Å². The smallest absolute Gasteiger partial charge is 0.298 e. The van der Waals surface area contributed by atoms with Crippen molar-refractivity contribution in [1.82, 2.24) is 15.2 Å². The molecule has 29 heavy (non-hydrogen) atoms. The maximum absolute atomic E-state index is 12.5. The minimum atomic E-state index is -0.773.